The molecule has 5 aromatic rings. The normalized spacial score (nSPS) is 10.8. The van der Waals surface area contributed by atoms with Crippen molar-refractivity contribution in [3.05, 3.63) is 147 Å². The molecule has 5 rings (SSSR count). The zero-order chi connectivity index (χ0) is 27.2. The minimum absolute atomic E-state index is 0.00447. The molecule has 1 aromatic heterocycles. The van der Waals surface area contributed by atoms with E-state index >= 15 is 0 Å². The molecule has 1 amide bonds. The predicted molar refractivity (Wildman–Crippen MR) is 158 cm³/mol. The molecule has 0 radical (unpaired) electrons. The second-order valence-corrected chi connectivity index (χ2v) is 9.44. The maximum absolute atomic E-state index is 14.4. The molecule has 0 saturated carbocycles. The molecule has 0 aliphatic carbocycles. The Bertz CT molecular complexity index is 1620. The van der Waals surface area contributed by atoms with Gasteiger partial charge in [-0.15, -0.1) is 0 Å². The maximum Gasteiger partial charge on any atom is 0.263 e. The van der Waals surface area contributed by atoms with Crippen molar-refractivity contribution >= 4 is 11.6 Å². The van der Waals surface area contributed by atoms with Crippen LogP contribution in [-0.4, -0.2) is 5.91 Å². The van der Waals surface area contributed by atoms with Crippen LogP contribution in [0.2, 0.25) is 0 Å². The van der Waals surface area contributed by atoms with E-state index in [1.807, 2.05) is 109 Å². The number of aryl methyl sites for hydroxylation is 2. The largest absolute Gasteiger partial charge is 0.459 e. The number of nitrogens with one attached hydrogen (secondary N) is 1. The van der Waals surface area contributed by atoms with Crippen LogP contribution in [0.3, 0.4) is 0 Å². The third-order valence-corrected chi connectivity index (χ3v) is 6.96. The van der Waals surface area contributed by atoms with E-state index in [0.717, 1.165) is 35.2 Å². The first-order chi connectivity index (χ1) is 19.1. The van der Waals surface area contributed by atoms with Gasteiger partial charge >= 0.3 is 0 Å². The summed E-state index contributed by atoms with van der Waals surface area (Å²) >= 11 is 0. The summed E-state index contributed by atoms with van der Waals surface area (Å²) in [5, 5.41) is 3.10. The fourth-order valence-corrected chi connectivity index (χ4v) is 4.96. The maximum atomic E-state index is 14.4. The van der Waals surface area contributed by atoms with Crippen molar-refractivity contribution in [2.75, 3.05) is 5.32 Å². The fourth-order valence-electron chi connectivity index (χ4n) is 4.96. The summed E-state index contributed by atoms with van der Waals surface area (Å²) in [6.07, 6.45) is 1.93. The lowest BCUT2D eigenvalue weighted by atomic mass is 9.95. The SMILES string of the molecule is CCc1cccc(CC)c1NC(=O)c1c(-c2ccccc2)oc(Cc2ccccc2)c(-c2ccccc2)c1=O. The lowest BCUT2D eigenvalue weighted by molar-refractivity contribution is 0.102. The van der Waals surface area contributed by atoms with Gasteiger partial charge in [-0.3, -0.25) is 9.59 Å². The van der Waals surface area contributed by atoms with Gasteiger partial charge in [0.15, 0.2) is 5.76 Å². The molecule has 1 N–H and O–H groups in total. The smallest absolute Gasteiger partial charge is 0.263 e. The van der Waals surface area contributed by atoms with E-state index in [1.54, 1.807) is 0 Å². The number of benzene rings is 4. The Labute approximate surface area is 229 Å². The Kier molecular flexibility index (Phi) is 7.83. The van der Waals surface area contributed by atoms with E-state index in [1.165, 1.54) is 0 Å². The van der Waals surface area contributed by atoms with Gasteiger partial charge in [-0.25, -0.2) is 0 Å². The molecular formula is C35H31NO3. The molecule has 1 heterocycles. The quantitative estimate of drug-likeness (QED) is 0.229. The van der Waals surface area contributed by atoms with Crippen LogP contribution in [0.1, 0.15) is 46.7 Å². The minimum atomic E-state index is -0.471. The average Bonchev–Trinajstić information content (AvgIpc) is 2.98. The molecule has 0 bridgehead atoms. The third-order valence-electron chi connectivity index (χ3n) is 6.96. The van der Waals surface area contributed by atoms with Crippen molar-refractivity contribution < 1.29 is 9.21 Å². The van der Waals surface area contributed by atoms with Crippen LogP contribution >= 0.6 is 0 Å². The fraction of sp³-hybridized carbons (Fsp3) is 0.143. The highest BCUT2D eigenvalue weighted by Gasteiger charge is 2.27. The van der Waals surface area contributed by atoms with Crippen molar-refractivity contribution in [2.45, 2.75) is 33.1 Å². The van der Waals surface area contributed by atoms with E-state index in [-0.39, 0.29) is 16.8 Å². The minimum Gasteiger partial charge on any atom is -0.459 e. The number of hydrogen-bond acceptors (Lipinski definition) is 3. The Morgan fingerprint density at radius 2 is 1.23 bits per heavy atom. The Hall–Kier alpha value is -4.70. The second kappa shape index (κ2) is 11.8. The van der Waals surface area contributed by atoms with Crippen LogP contribution in [-0.2, 0) is 19.3 Å². The molecule has 0 atom stereocenters. The highest BCUT2D eigenvalue weighted by atomic mass is 16.3. The van der Waals surface area contributed by atoms with Crippen LogP contribution in [0, 0.1) is 0 Å². The van der Waals surface area contributed by atoms with Crippen molar-refractivity contribution in [1.29, 1.82) is 0 Å². The molecule has 4 aromatic carbocycles. The number of amides is 1. The molecule has 4 heteroatoms. The van der Waals surface area contributed by atoms with Crippen LogP contribution in [0.4, 0.5) is 5.69 Å². The monoisotopic (exact) mass is 513 g/mol. The summed E-state index contributed by atoms with van der Waals surface area (Å²) in [7, 11) is 0. The second-order valence-electron chi connectivity index (χ2n) is 9.44. The first-order valence-electron chi connectivity index (χ1n) is 13.4. The number of carbonyl (C=O) groups excluding carboxylic acids is 1. The van der Waals surface area contributed by atoms with Gasteiger partial charge < -0.3 is 9.73 Å². The first-order valence-corrected chi connectivity index (χ1v) is 13.4. The van der Waals surface area contributed by atoms with Gasteiger partial charge in [0.25, 0.3) is 5.91 Å². The van der Waals surface area contributed by atoms with E-state index in [9.17, 15) is 9.59 Å². The number of para-hydroxylation sites is 1. The van der Waals surface area contributed by atoms with Gasteiger partial charge in [0.05, 0.1) is 5.56 Å². The Balaban J connectivity index is 1.75. The molecular weight excluding hydrogens is 482 g/mol. The molecule has 0 fully saturated rings. The van der Waals surface area contributed by atoms with E-state index in [2.05, 4.69) is 19.2 Å². The third kappa shape index (κ3) is 5.46. The van der Waals surface area contributed by atoms with Gasteiger partial charge in [0, 0.05) is 17.7 Å². The molecule has 0 unspecified atom stereocenters. The van der Waals surface area contributed by atoms with Crippen LogP contribution in [0.15, 0.2) is 118 Å². The molecule has 0 aliphatic heterocycles. The average molecular weight is 514 g/mol. The lowest BCUT2D eigenvalue weighted by Gasteiger charge is -2.18. The van der Waals surface area contributed by atoms with Crippen LogP contribution in [0.5, 0.6) is 0 Å². The highest BCUT2D eigenvalue weighted by Crippen LogP contribution is 2.32. The van der Waals surface area contributed by atoms with Crippen molar-refractivity contribution in [3.8, 4) is 22.5 Å². The topological polar surface area (TPSA) is 59.3 Å². The van der Waals surface area contributed by atoms with Gasteiger partial charge in [-0.2, -0.15) is 0 Å². The van der Waals surface area contributed by atoms with Crippen LogP contribution in [0.25, 0.3) is 22.5 Å². The number of anilines is 1. The van der Waals surface area contributed by atoms with Gasteiger partial charge in [0.1, 0.15) is 11.3 Å². The summed E-state index contributed by atoms with van der Waals surface area (Å²) in [6.45, 7) is 4.11. The summed E-state index contributed by atoms with van der Waals surface area (Å²) in [6, 6.07) is 34.7. The molecule has 0 aliphatic rings. The zero-order valence-electron chi connectivity index (χ0n) is 22.2. The highest BCUT2D eigenvalue weighted by molar-refractivity contribution is 6.09. The van der Waals surface area contributed by atoms with Gasteiger partial charge in [-0.1, -0.05) is 123 Å². The van der Waals surface area contributed by atoms with Crippen molar-refractivity contribution in [1.82, 2.24) is 0 Å². The van der Waals surface area contributed by atoms with Gasteiger partial charge in [0.2, 0.25) is 5.43 Å². The Morgan fingerprint density at radius 3 is 1.79 bits per heavy atom. The molecule has 39 heavy (non-hydrogen) atoms. The molecule has 194 valence electrons. The number of rotatable bonds is 8. The van der Waals surface area contributed by atoms with Crippen molar-refractivity contribution in [2.24, 2.45) is 0 Å². The summed E-state index contributed by atoms with van der Waals surface area (Å²) in [5.41, 5.74) is 5.28. The van der Waals surface area contributed by atoms with Gasteiger partial charge in [-0.05, 0) is 35.1 Å². The zero-order valence-corrected chi connectivity index (χ0v) is 22.2. The standard InChI is InChI=1S/C35H31NO3/c1-3-25-21-14-22-26(4-2)32(25)36-35(38)31-33(37)30(27-17-10-6-11-18-27)29(23-24-15-8-5-9-16-24)39-34(31)28-19-12-7-13-20-28/h5-22H,3-4,23H2,1-2H3,(H,36,38). The van der Waals surface area contributed by atoms with Crippen molar-refractivity contribution in [3.63, 3.8) is 0 Å². The molecule has 4 nitrogen and oxygen atoms in total. The van der Waals surface area contributed by atoms with Crippen LogP contribution < -0.4 is 10.7 Å². The number of hydrogen-bond donors (Lipinski definition) is 1. The number of carbonyl (C=O) groups is 1. The summed E-state index contributed by atoms with van der Waals surface area (Å²) < 4.78 is 6.58. The first kappa shape index (κ1) is 25.9. The Morgan fingerprint density at radius 1 is 0.692 bits per heavy atom. The summed E-state index contributed by atoms with van der Waals surface area (Å²) in [4.78, 5) is 28.4. The van der Waals surface area contributed by atoms with E-state index in [4.69, 9.17) is 4.42 Å². The van der Waals surface area contributed by atoms with E-state index < -0.39 is 5.91 Å². The molecule has 0 spiro atoms. The molecule has 0 saturated heterocycles. The predicted octanol–water partition coefficient (Wildman–Crippen LogP) is 7.94. The summed E-state index contributed by atoms with van der Waals surface area (Å²) in [5.74, 6) is 0.327. The van der Waals surface area contributed by atoms with E-state index in [0.29, 0.717) is 28.9 Å². The lowest BCUT2D eigenvalue weighted by Crippen LogP contribution is -2.26.